The number of hydrogen-bond donors (Lipinski definition) is 1. The molecular formula is C25H17ClN2O3. The van der Waals surface area contributed by atoms with Gasteiger partial charge in [0.1, 0.15) is 17.4 Å². The molecule has 0 saturated heterocycles. The molecule has 0 saturated carbocycles. The summed E-state index contributed by atoms with van der Waals surface area (Å²) < 4.78 is 11.2. The van der Waals surface area contributed by atoms with Gasteiger partial charge in [0.05, 0.1) is 12.1 Å². The second-order valence-corrected chi connectivity index (χ2v) is 7.05. The summed E-state index contributed by atoms with van der Waals surface area (Å²) in [5.74, 6) is 0.832. The van der Waals surface area contributed by atoms with Gasteiger partial charge < -0.3 is 14.3 Å². The molecule has 0 aliphatic rings. The molecule has 0 spiro atoms. The highest BCUT2D eigenvalue weighted by Gasteiger charge is 2.22. The minimum atomic E-state index is -0.144. The van der Waals surface area contributed by atoms with E-state index in [9.17, 15) is 10.4 Å². The summed E-state index contributed by atoms with van der Waals surface area (Å²) in [6, 6.07) is 24.5. The zero-order valence-corrected chi connectivity index (χ0v) is 17.3. The summed E-state index contributed by atoms with van der Waals surface area (Å²) in [5, 5.41) is 20.0. The average molecular weight is 429 g/mol. The van der Waals surface area contributed by atoms with Gasteiger partial charge in [0, 0.05) is 17.3 Å². The van der Waals surface area contributed by atoms with Crippen LogP contribution < -0.4 is 4.74 Å². The zero-order valence-electron chi connectivity index (χ0n) is 16.5. The van der Waals surface area contributed by atoms with Crippen molar-refractivity contribution in [2.75, 3.05) is 7.11 Å². The summed E-state index contributed by atoms with van der Waals surface area (Å²) in [6.07, 6.45) is 1.51. The first-order chi connectivity index (χ1) is 15.1. The van der Waals surface area contributed by atoms with Crippen LogP contribution in [0, 0.1) is 11.3 Å². The smallest absolute Gasteiger partial charge is 0.238 e. The Kier molecular flexibility index (Phi) is 5.74. The second kappa shape index (κ2) is 8.78. The molecule has 0 atom stereocenters. The predicted molar refractivity (Wildman–Crippen MR) is 121 cm³/mol. The Hall–Kier alpha value is -4.01. The molecular weight excluding hydrogens is 412 g/mol. The third-order valence-corrected chi connectivity index (χ3v) is 4.99. The van der Waals surface area contributed by atoms with E-state index in [4.69, 9.17) is 20.8 Å². The Labute approximate surface area is 184 Å². The van der Waals surface area contributed by atoms with Gasteiger partial charge in [0.15, 0.2) is 11.5 Å². The molecule has 0 aliphatic carbocycles. The lowest BCUT2D eigenvalue weighted by molar-refractivity contribution is 0.373. The van der Waals surface area contributed by atoms with Crippen molar-refractivity contribution in [2.45, 2.75) is 0 Å². The monoisotopic (exact) mass is 428 g/mol. The van der Waals surface area contributed by atoms with E-state index in [0.29, 0.717) is 22.5 Å². The van der Waals surface area contributed by atoms with E-state index < -0.39 is 0 Å². The van der Waals surface area contributed by atoms with Crippen molar-refractivity contribution in [1.29, 1.82) is 5.26 Å². The molecule has 31 heavy (non-hydrogen) atoms. The lowest BCUT2D eigenvalue weighted by Crippen LogP contribution is -1.88. The fraction of sp³-hybridized carbons (Fsp3) is 0.0400. The van der Waals surface area contributed by atoms with Gasteiger partial charge in [0.25, 0.3) is 0 Å². The highest BCUT2D eigenvalue weighted by atomic mass is 35.5. The van der Waals surface area contributed by atoms with Crippen LogP contribution >= 0.6 is 11.6 Å². The quantitative estimate of drug-likeness (QED) is 0.363. The van der Waals surface area contributed by atoms with Crippen LogP contribution in [0.25, 0.3) is 22.5 Å². The first-order valence-corrected chi connectivity index (χ1v) is 9.78. The first kappa shape index (κ1) is 20.3. The zero-order chi connectivity index (χ0) is 21.8. The van der Waals surface area contributed by atoms with E-state index in [0.717, 1.165) is 11.1 Å². The average Bonchev–Trinajstić information content (AvgIpc) is 3.19. The van der Waals surface area contributed by atoms with Gasteiger partial charge in [-0.2, -0.15) is 5.26 Å². The Morgan fingerprint density at radius 1 is 1.03 bits per heavy atom. The molecule has 152 valence electrons. The normalized spacial score (nSPS) is 10.9. The van der Waals surface area contributed by atoms with Crippen molar-refractivity contribution in [2.24, 2.45) is 4.99 Å². The Morgan fingerprint density at radius 3 is 2.29 bits per heavy atom. The standard InChI is InChI=1S/C25H17ClN2O3/c1-30-21-13-16(12-20(26)23(21)29)15-28-25-19(14-27)22(17-8-4-2-5-9-17)24(31-25)18-10-6-3-7-11-18/h2-13,15,29H,1H3. The van der Waals surface area contributed by atoms with E-state index in [1.165, 1.54) is 13.3 Å². The maximum atomic E-state index is 9.92. The second-order valence-electron chi connectivity index (χ2n) is 6.64. The van der Waals surface area contributed by atoms with Crippen LogP contribution in [0.4, 0.5) is 5.88 Å². The number of aromatic hydroxyl groups is 1. The molecule has 1 aromatic heterocycles. The van der Waals surface area contributed by atoms with Gasteiger partial charge in [-0.05, 0) is 23.3 Å². The number of ether oxygens (including phenoxy) is 1. The van der Waals surface area contributed by atoms with E-state index in [2.05, 4.69) is 11.1 Å². The number of benzene rings is 3. The molecule has 0 amide bonds. The van der Waals surface area contributed by atoms with Crippen LogP contribution in [0.3, 0.4) is 0 Å². The van der Waals surface area contributed by atoms with Gasteiger partial charge in [-0.3, -0.25) is 0 Å². The van der Waals surface area contributed by atoms with Crippen LogP contribution in [-0.4, -0.2) is 18.4 Å². The molecule has 4 aromatic rings. The number of furan rings is 1. The van der Waals surface area contributed by atoms with E-state index in [-0.39, 0.29) is 22.4 Å². The molecule has 3 aromatic carbocycles. The van der Waals surface area contributed by atoms with Crippen molar-refractivity contribution in [3.05, 3.63) is 88.9 Å². The minimum absolute atomic E-state index is 0.135. The van der Waals surface area contributed by atoms with Gasteiger partial charge in [-0.25, -0.2) is 4.99 Å². The summed E-state index contributed by atoms with van der Waals surface area (Å²) in [7, 11) is 1.44. The number of aliphatic imine (C=N–C) groups is 1. The summed E-state index contributed by atoms with van der Waals surface area (Å²) in [6.45, 7) is 0. The van der Waals surface area contributed by atoms with Crippen LogP contribution in [0.1, 0.15) is 11.1 Å². The summed E-state index contributed by atoms with van der Waals surface area (Å²) >= 11 is 6.06. The summed E-state index contributed by atoms with van der Waals surface area (Å²) in [5.41, 5.74) is 3.30. The molecule has 0 bridgehead atoms. The lowest BCUT2D eigenvalue weighted by atomic mass is 9.98. The topological polar surface area (TPSA) is 78.8 Å². The molecule has 4 rings (SSSR count). The molecule has 0 fully saturated rings. The fourth-order valence-electron chi connectivity index (χ4n) is 3.24. The van der Waals surface area contributed by atoms with Gasteiger partial charge in [0.2, 0.25) is 5.88 Å². The maximum Gasteiger partial charge on any atom is 0.238 e. The van der Waals surface area contributed by atoms with Crippen molar-refractivity contribution in [1.82, 2.24) is 0 Å². The number of phenols is 1. The van der Waals surface area contributed by atoms with Crippen LogP contribution in [-0.2, 0) is 0 Å². The van der Waals surface area contributed by atoms with Gasteiger partial charge in [-0.1, -0.05) is 72.3 Å². The number of hydrogen-bond acceptors (Lipinski definition) is 5. The maximum absolute atomic E-state index is 9.92. The number of phenolic OH excluding ortho intramolecular Hbond substituents is 1. The number of nitrogens with zero attached hydrogens (tertiary/aromatic N) is 2. The highest BCUT2D eigenvalue weighted by Crippen LogP contribution is 2.42. The third-order valence-electron chi connectivity index (χ3n) is 4.70. The summed E-state index contributed by atoms with van der Waals surface area (Å²) in [4.78, 5) is 4.42. The van der Waals surface area contributed by atoms with Crippen LogP contribution in [0.15, 0.2) is 82.2 Å². The molecule has 0 radical (unpaired) electrons. The van der Waals surface area contributed by atoms with Crippen LogP contribution in [0.2, 0.25) is 5.02 Å². The molecule has 1 heterocycles. The van der Waals surface area contributed by atoms with Crippen molar-refractivity contribution in [3.63, 3.8) is 0 Å². The molecule has 5 nitrogen and oxygen atoms in total. The van der Waals surface area contributed by atoms with Crippen molar-refractivity contribution >= 4 is 23.7 Å². The number of methoxy groups -OCH3 is 1. The Bertz CT molecular complexity index is 1290. The molecule has 0 aliphatic heterocycles. The fourth-order valence-corrected chi connectivity index (χ4v) is 3.46. The third kappa shape index (κ3) is 4.02. The minimum Gasteiger partial charge on any atom is -0.503 e. The molecule has 0 unspecified atom stereocenters. The molecule has 6 heteroatoms. The first-order valence-electron chi connectivity index (χ1n) is 9.40. The number of rotatable bonds is 5. The molecule has 1 N–H and O–H groups in total. The van der Waals surface area contributed by atoms with Crippen LogP contribution in [0.5, 0.6) is 11.5 Å². The van der Waals surface area contributed by atoms with Crippen molar-refractivity contribution in [3.8, 4) is 40.0 Å². The lowest BCUT2D eigenvalue weighted by Gasteiger charge is -2.05. The Balaban J connectivity index is 1.86. The Morgan fingerprint density at radius 2 is 1.68 bits per heavy atom. The largest absolute Gasteiger partial charge is 0.503 e. The highest BCUT2D eigenvalue weighted by molar-refractivity contribution is 6.32. The number of halogens is 1. The van der Waals surface area contributed by atoms with Gasteiger partial charge >= 0.3 is 0 Å². The predicted octanol–water partition coefficient (Wildman–Crippen LogP) is 6.60. The van der Waals surface area contributed by atoms with E-state index >= 15 is 0 Å². The van der Waals surface area contributed by atoms with E-state index in [1.807, 2.05) is 60.7 Å². The van der Waals surface area contributed by atoms with E-state index in [1.54, 1.807) is 12.1 Å². The van der Waals surface area contributed by atoms with Crippen molar-refractivity contribution < 1.29 is 14.3 Å². The van der Waals surface area contributed by atoms with Gasteiger partial charge in [-0.15, -0.1) is 0 Å². The SMILES string of the molecule is COc1cc(C=Nc2oc(-c3ccccc3)c(-c3ccccc3)c2C#N)cc(Cl)c1O. The number of nitriles is 1.